The smallest absolute Gasteiger partial charge is 0.306 e. The second kappa shape index (κ2) is 12.6. The fourth-order valence-electron chi connectivity index (χ4n) is 1.76. The summed E-state index contributed by atoms with van der Waals surface area (Å²) in [6.07, 6.45) is -0.188. The fraction of sp³-hybridized carbons (Fsp3) is 0.412. The van der Waals surface area contributed by atoms with Crippen LogP contribution >= 0.6 is 12.2 Å². The lowest BCUT2D eigenvalue weighted by Crippen LogP contribution is -2.49. The van der Waals surface area contributed by atoms with E-state index in [1.165, 1.54) is 7.11 Å². The number of hydrazine groups is 1. The van der Waals surface area contributed by atoms with Crippen LogP contribution in [0.25, 0.3) is 0 Å². The monoisotopic (exact) mass is 397 g/mol. The lowest BCUT2D eigenvalue weighted by Gasteiger charge is -2.11. The summed E-state index contributed by atoms with van der Waals surface area (Å²) >= 11 is 4.88. The number of aryl methyl sites for hydroxylation is 1. The van der Waals surface area contributed by atoms with Gasteiger partial charge >= 0.3 is 5.97 Å². The van der Waals surface area contributed by atoms with E-state index in [9.17, 15) is 14.4 Å². The van der Waals surface area contributed by atoms with E-state index in [2.05, 4.69) is 16.2 Å². The molecule has 0 aliphatic heterocycles. The third-order valence-electron chi connectivity index (χ3n) is 3.03. The van der Waals surface area contributed by atoms with E-state index in [4.69, 9.17) is 26.4 Å². The quantitative estimate of drug-likeness (QED) is 0.237. The highest BCUT2D eigenvalue weighted by Gasteiger charge is 2.10. The maximum atomic E-state index is 11.7. The molecule has 1 aromatic rings. The van der Waals surface area contributed by atoms with Gasteiger partial charge in [0.15, 0.2) is 11.7 Å². The Labute approximate surface area is 162 Å². The van der Waals surface area contributed by atoms with Crippen LogP contribution in [0.3, 0.4) is 0 Å². The first-order valence-electron chi connectivity index (χ1n) is 8.13. The molecule has 3 N–H and O–H groups in total. The number of amides is 2. The Morgan fingerprint density at radius 2 is 1.85 bits per heavy atom. The maximum Gasteiger partial charge on any atom is 0.306 e. The number of esters is 1. The van der Waals surface area contributed by atoms with Crippen molar-refractivity contribution >= 4 is 35.1 Å². The van der Waals surface area contributed by atoms with Crippen LogP contribution in [0.5, 0.6) is 5.75 Å². The zero-order valence-corrected chi connectivity index (χ0v) is 16.0. The van der Waals surface area contributed by atoms with Crippen LogP contribution in [0.2, 0.25) is 0 Å². The van der Waals surface area contributed by atoms with Crippen LogP contribution in [0.15, 0.2) is 24.3 Å². The number of nitrogens with one attached hydrogen (secondary N) is 3. The number of ether oxygens (including phenoxy) is 3. The minimum atomic E-state index is -0.511. The normalized spacial score (nSPS) is 9.85. The van der Waals surface area contributed by atoms with Gasteiger partial charge in [-0.2, -0.15) is 0 Å². The molecule has 0 fully saturated rings. The number of rotatable bonds is 9. The molecule has 0 radical (unpaired) electrons. The largest absolute Gasteiger partial charge is 0.484 e. The molecule has 0 heterocycles. The molecule has 0 spiro atoms. The lowest BCUT2D eigenvalue weighted by atomic mass is 10.2. The minimum absolute atomic E-state index is 0.0884. The van der Waals surface area contributed by atoms with Gasteiger partial charge < -0.3 is 19.5 Å². The van der Waals surface area contributed by atoms with Crippen LogP contribution in [-0.4, -0.2) is 49.8 Å². The van der Waals surface area contributed by atoms with Gasteiger partial charge in [-0.1, -0.05) is 12.1 Å². The van der Waals surface area contributed by atoms with E-state index < -0.39 is 17.8 Å². The Bertz CT molecular complexity index is 668. The van der Waals surface area contributed by atoms with Crippen molar-refractivity contribution in [2.45, 2.75) is 19.8 Å². The summed E-state index contributed by atoms with van der Waals surface area (Å²) in [4.78, 5) is 34.7. The van der Waals surface area contributed by atoms with Crippen LogP contribution in [0.4, 0.5) is 0 Å². The van der Waals surface area contributed by atoms with E-state index in [0.717, 1.165) is 5.56 Å². The molecular formula is C17H23N3O6S. The first-order valence-corrected chi connectivity index (χ1v) is 8.54. The number of thiocarbonyl (C=S) groups is 1. The van der Waals surface area contributed by atoms with Gasteiger partial charge in [-0.25, -0.2) is 0 Å². The zero-order valence-electron chi connectivity index (χ0n) is 15.2. The Morgan fingerprint density at radius 3 is 2.56 bits per heavy atom. The van der Waals surface area contributed by atoms with Crippen LogP contribution in [-0.2, 0) is 23.9 Å². The van der Waals surface area contributed by atoms with Gasteiger partial charge in [0.25, 0.3) is 5.91 Å². The average molecular weight is 397 g/mol. The molecule has 0 saturated heterocycles. The molecular weight excluding hydrogens is 374 g/mol. The van der Waals surface area contributed by atoms with Gasteiger partial charge in [0.1, 0.15) is 12.4 Å². The van der Waals surface area contributed by atoms with Crippen molar-refractivity contribution in [1.29, 1.82) is 0 Å². The molecule has 0 aromatic heterocycles. The Kier molecular flexibility index (Phi) is 10.4. The van der Waals surface area contributed by atoms with E-state index in [0.29, 0.717) is 12.4 Å². The molecule has 2 amide bonds. The van der Waals surface area contributed by atoms with Crippen molar-refractivity contribution in [3.05, 3.63) is 29.8 Å². The summed E-state index contributed by atoms with van der Waals surface area (Å²) in [5.74, 6) is -0.905. The zero-order chi connectivity index (χ0) is 20.1. The highest BCUT2D eigenvalue weighted by Crippen LogP contribution is 2.11. The minimum Gasteiger partial charge on any atom is -0.484 e. The first kappa shape index (κ1) is 22.3. The van der Waals surface area contributed by atoms with Gasteiger partial charge in [0.2, 0.25) is 5.91 Å². The molecule has 0 saturated carbocycles. The van der Waals surface area contributed by atoms with E-state index in [1.54, 1.807) is 12.1 Å². The van der Waals surface area contributed by atoms with Crippen molar-refractivity contribution in [3.8, 4) is 5.75 Å². The van der Waals surface area contributed by atoms with Crippen molar-refractivity contribution < 1.29 is 28.6 Å². The maximum absolute atomic E-state index is 11.7. The third kappa shape index (κ3) is 10.8. The second-order valence-corrected chi connectivity index (χ2v) is 5.78. The summed E-state index contributed by atoms with van der Waals surface area (Å²) in [5, 5.41) is 2.23. The van der Waals surface area contributed by atoms with Crippen molar-refractivity contribution in [2.24, 2.45) is 0 Å². The Hall–Kier alpha value is -2.72. The summed E-state index contributed by atoms with van der Waals surface area (Å²) in [6.45, 7) is 2.11. The highest BCUT2D eigenvalue weighted by molar-refractivity contribution is 7.80. The predicted octanol–water partition coefficient (Wildman–Crippen LogP) is 0.366. The van der Waals surface area contributed by atoms with Crippen molar-refractivity contribution in [2.75, 3.05) is 26.9 Å². The summed E-state index contributed by atoms with van der Waals surface area (Å²) < 4.78 is 14.9. The van der Waals surface area contributed by atoms with Gasteiger partial charge in [0, 0.05) is 13.5 Å². The number of carbonyl (C=O) groups excluding carboxylic acids is 3. The van der Waals surface area contributed by atoms with Crippen LogP contribution in [0.1, 0.15) is 18.4 Å². The number of benzene rings is 1. The number of methoxy groups -OCH3 is 1. The van der Waals surface area contributed by atoms with Gasteiger partial charge in [-0.3, -0.25) is 25.2 Å². The van der Waals surface area contributed by atoms with Gasteiger partial charge in [0.05, 0.1) is 13.0 Å². The predicted molar refractivity (Wildman–Crippen MR) is 101 cm³/mol. The SMILES string of the molecule is COCCOC(=O)CCC(=O)NC(=S)NNC(=O)COc1cccc(C)c1. The molecule has 0 unspecified atom stereocenters. The van der Waals surface area contributed by atoms with Gasteiger partial charge in [-0.15, -0.1) is 0 Å². The summed E-state index contributed by atoms with van der Waals surface area (Å²) in [6, 6.07) is 7.26. The molecule has 0 bridgehead atoms. The topological polar surface area (TPSA) is 115 Å². The number of hydrogen-bond acceptors (Lipinski definition) is 7. The third-order valence-corrected chi connectivity index (χ3v) is 3.24. The molecule has 1 aromatic carbocycles. The van der Waals surface area contributed by atoms with Crippen molar-refractivity contribution in [3.63, 3.8) is 0 Å². The van der Waals surface area contributed by atoms with E-state index in [1.807, 2.05) is 19.1 Å². The standard InChI is InChI=1S/C17H23N3O6S/c1-12-4-3-5-13(10-12)26-11-15(22)19-20-17(27)18-14(21)6-7-16(23)25-9-8-24-2/h3-5,10H,6-9,11H2,1-2H3,(H,19,22)(H2,18,20,21,27). The molecule has 148 valence electrons. The molecule has 10 heteroatoms. The van der Waals surface area contributed by atoms with E-state index in [-0.39, 0.29) is 31.2 Å². The van der Waals surface area contributed by atoms with Gasteiger partial charge in [-0.05, 0) is 36.8 Å². The Balaban J connectivity index is 2.17. The summed E-state index contributed by atoms with van der Waals surface area (Å²) in [7, 11) is 1.49. The van der Waals surface area contributed by atoms with Crippen LogP contribution in [0, 0.1) is 6.92 Å². The molecule has 0 atom stereocenters. The molecule has 1 rings (SSSR count). The number of carbonyl (C=O) groups is 3. The van der Waals surface area contributed by atoms with Crippen molar-refractivity contribution in [1.82, 2.24) is 16.2 Å². The molecule has 27 heavy (non-hydrogen) atoms. The molecule has 0 aliphatic rings. The summed E-state index contributed by atoms with van der Waals surface area (Å²) in [5.41, 5.74) is 5.69. The lowest BCUT2D eigenvalue weighted by molar-refractivity contribution is -0.146. The fourth-order valence-corrected chi connectivity index (χ4v) is 1.93. The second-order valence-electron chi connectivity index (χ2n) is 5.37. The first-order chi connectivity index (χ1) is 12.9. The highest BCUT2D eigenvalue weighted by atomic mass is 32.1. The van der Waals surface area contributed by atoms with E-state index >= 15 is 0 Å². The average Bonchev–Trinajstić information content (AvgIpc) is 2.63. The molecule has 0 aliphatic carbocycles. The number of hydrogen-bond donors (Lipinski definition) is 3. The van der Waals surface area contributed by atoms with Crippen LogP contribution < -0.4 is 20.9 Å². The molecule has 9 nitrogen and oxygen atoms in total. The Morgan fingerprint density at radius 1 is 1.07 bits per heavy atom.